The molecule has 28 heavy (non-hydrogen) atoms. The topological polar surface area (TPSA) is 103 Å². The molecule has 3 N–H and O–H groups in total. The zero-order chi connectivity index (χ0) is 20.1. The monoisotopic (exact) mass is 395 g/mol. The van der Waals surface area contributed by atoms with E-state index < -0.39 is 23.8 Å². The average molecular weight is 395 g/mol. The van der Waals surface area contributed by atoms with Crippen molar-refractivity contribution in [2.75, 3.05) is 10.2 Å². The van der Waals surface area contributed by atoms with Gasteiger partial charge in [0.25, 0.3) is 5.91 Å². The summed E-state index contributed by atoms with van der Waals surface area (Å²) in [4.78, 5) is 38.0. The third-order valence-electron chi connectivity index (χ3n) is 3.92. The molecule has 1 atom stereocenters. The van der Waals surface area contributed by atoms with Gasteiger partial charge >= 0.3 is 6.03 Å². The fraction of sp³-hybridized carbons (Fsp3) is 0.105. The molecule has 0 radical (unpaired) electrons. The van der Waals surface area contributed by atoms with Crippen molar-refractivity contribution < 1.29 is 14.4 Å². The van der Waals surface area contributed by atoms with Crippen molar-refractivity contribution >= 4 is 52.8 Å². The molecular formula is C19H17N5O3S. The number of para-hydroxylation sites is 1. The predicted octanol–water partition coefficient (Wildman–Crippen LogP) is 2.17. The van der Waals surface area contributed by atoms with E-state index in [2.05, 4.69) is 21.2 Å². The maximum Gasteiger partial charge on any atom is 0.339 e. The Balaban J connectivity index is 1.68. The maximum absolute atomic E-state index is 12.8. The molecule has 3 rings (SSSR count). The third kappa shape index (κ3) is 4.38. The number of benzene rings is 2. The lowest BCUT2D eigenvalue weighted by molar-refractivity contribution is -0.130. The van der Waals surface area contributed by atoms with Gasteiger partial charge in [-0.1, -0.05) is 35.9 Å². The molecule has 1 heterocycles. The Hall–Kier alpha value is -3.59. The highest BCUT2D eigenvalue weighted by molar-refractivity contribution is 7.80. The molecule has 0 unspecified atom stereocenters. The molecule has 0 spiro atoms. The summed E-state index contributed by atoms with van der Waals surface area (Å²) in [6.45, 7) is 1.92. The van der Waals surface area contributed by atoms with Crippen LogP contribution in [-0.2, 0) is 9.59 Å². The van der Waals surface area contributed by atoms with Gasteiger partial charge < -0.3 is 10.6 Å². The van der Waals surface area contributed by atoms with Crippen molar-refractivity contribution in [3.63, 3.8) is 0 Å². The van der Waals surface area contributed by atoms with Gasteiger partial charge in [-0.15, -0.1) is 0 Å². The number of hydrazone groups is 1. The summed E-state index contributed by atoms with van der Waals surface area (Å²) in [5.74, 6) is -2.37. The van der Waals surface area contributed by atoms with E-state index in [1.807, 2.05) is 25.1 Å². The van der Waals surface area contributed by atoms with Gasteiger partial charge in [0, 0.05) is 11.9 Å². The smallest absolute Gasteiger partial charge is 0.307 e. The van der Waals surface area contributed by atoms with Gasteiger partial charge in [0.1, 0.15) is 0 Å². The minimum atomic E-state index is -1.22. The highest BCUT2D eigenvalue weighted by Crippen LogP contribution is 2.20. The molecule has 2 aromatic carbocycles. The summed E-state index contributed by atoms with van der Waals surface area (Å²) in [6, 6.07) is 15.3. The molecule has 2 aromatic rings. The number of carbonyl (C=O) groups is 3. The normalized spacial score (nSPS) is 16.8. The Kier molecular flexibility index (Phi) is 5.75. The molecule has 1 fully saturated rings. The van der Waals surface area contributed by atoms with E-state index in [9.17, 15) is 14.4 Å². The second-order valence-electron chi connectivity index (χ2n) is 5.99. The summed E-state index contributed by atoms with van der Waals surface area (Å²) in [5, 5.41) is 8.77. The summed E-state index contributed by atoms with van der Waals surface area (Å²) in [7, 11) is 0. The number of hydrogen-bond acceptors (Lipinski definition) is 5. The van der Waals surface area contributed by atoms with Gasteiger partial charge in [-0.25, -0.2) is 10.2 Å². The molecule has 142 valence electrons. The molecule has 1 aliphatic heterocycles. The predicted molar refractivity (Wildman–Crippen MR) is 110 cm³/mol. The molecule has 0 saturated carbocycles. The highest BCUT2D eigenvalue weighted by atomic mass is 32.1. The second-order valence-corrected chi connectivity index (χ2v) is 6.38. The molecular weight excluding hydrogens is 378 g/mol. The number of amides is 4. The van der Waals surface area contributed by atoms with Crippen molar-refractivity contribution in [2.24, 2.45) is 11.0 Å². The summed E-state index contributed by atoms with van der Waals surface area (Å²) >= 11 is 5.12. The van der Waals surface area contributed by atoms with Crippen molar-refractivity contribution in [3.8, 4) is 0 Å². The number of carbonyl (C=O) groups excluding carboxylic acids is 3. The molecule has 1 saturated heterocycles. The number of urea groups is 1. The fourth-order valence-corrected chi connectivity index (χ4v) is 2.81. The Morgan fingerprint density at radius 2 is 1.82 bits per heavy atom. The van der Waals surface area contributed by atoms with E-state index in [-0.39, 0.29) is 5.11 Å². The van der Waals surface area contributed by atoms with Crippen molar-refractivity contribution in [3.05, 3.63) is 60.2 Å². The number of rotatable bonds is 4. The highest BCUT2D eigenvalue weighted by Gasteiger charge is 2.38. The average Bonchev–Trinajstić information content (AvgIpc) is 2.66. The van der Waals surface area contributed by atoms with E-state index in [4.69, 9.17) is 12.2 Å². The van der Waals surface area contributed by atoms with Crippen LogP contribution in [-0.4, -0.2) is 29.2 Å². The van der Waals surface area contributed by atoms with Crippen LogP contribution in [0.3, 0.4) is 0 Å². The number of thiocarbonyl (C=S) groups is 1. The zero-order valence-electron chi connectivity index (χ0n) is 14.9. The molecule has 0 aromatic heterocycles. The van der Waals surface area contributed by atoms with Crippen LogP contribution in [0, 0.1) is 12.8 Å². The maximum atomic E-state index is 12.8. The zero-order valence-corrected chi connectivity index (χ0v) is 15.7. The van der Waals surface area contributed by atoms with Crippen LogP contribution in [0.5, 0.6) is 0 Å². The van der Waals surface area contributed by atoms with Crippen molar-refractivity contribution in [1.29, 1.82) is 0 Å². The lowest BCUT2D eigenvalue weighted by Crippen LogP contribution is -2.58. The van der Waals surface area contributed by atoms with E-state index in [1.165, 1.54) is 4.90 Å². The van der Waals surface area contributed by atoms with Gasteiger partial charge in [-0.2, -0.15) is 5.10 Å². The first-order chi connectivity index (χ1) is 13.5. The third-order valence-corrected chi connectivity index (χ3v) is 4.20. The second kappa shape index (κ2) is 8.40. The lowest BCUT2D eigenvalue weighted by Gasteiger charge is -2.30. The van der Waals surface area contributed by atoms with E-state index in [0.717, 1.165) is 11.8 Å². The first-order valence-electron chi connectivity index (χ1n) is 8.36. The Morgan fingerprint density at radius 3 is 2.50 bits per heavy atom. The summed E-state index contributed by atoms with van der Waals surface area (Å²) < 4.78 is 0. The summed E-state index contributed by atoms with van der Waals surface area (Å²) in [5.41, 5.74) is 4.37. The fourth-order valence-electron chi connectivity index (χ4n) is 2.51. The SMILES string of the molecule is Cc1ccc(N2C(=O)[C@H](/C=N\NC(=O)Nc3ccccc3)C(=O)NC2=S)cc1. The number of anilines is 2. The minimum Gasteiger partial charge on any atom is -0.307 e. The van der Waals surface area contributed by atoms with Crippen LogP contribution < -0.4 is 21.0 Å². The van der Waals surface area contributed by atoms with E-state index in [0.29, 0.717) is 11.4 Å². The molecule has 8 nitrogen and oxygen atoms in total. The van der Waals surface area contributed by atoms with Crippen LogP contribution in [0.4, 0.5) is 16.2 Å². The lowest BCUT2D eigenvalue weighted by atomic mass is 10.1. The Morgan fingerprint density at radius 1 is 1.14 bits per heavy atom. The molecule has 9 heteroatoms. The van der Waals surface area contributed by atoms with Crippen LogP contribution >= 0.6 is 12.2 Å². The standard InChI is InChI=1S/C19H17N5O3S/c1-12-7-9-14(10-8-12)24-17(26)15(16(25)22-19(24)28)11-20-23-18(27)21-13-5-3-2-4-6-13/h2-11,15H,1H3,(H2,21,23,27)(H,22,25,28)/b20-11-/t15-/m1/s1. The number of nitrogens with one attached hydrogen (secondary N) is 3. The van der Waals surface area contributed by atoms with Gasteiger partial charge in [0.2, 0.25) is 5.91 Å². The van der Waals surface area contributed by atoms with Crippen molar-refractivity contribution in [1.82, 2.24) is 10.7 Å². The van der Waals surface area contributed by atoms with Gasteiger partial charge in [-0.05, 0) is 43.4 Å². The quantitative estimate of drug-likeness (QED) is 0.319. The van der Waals surface area contributed by atoms with E-state index >= 15 is 0 Å². The van der Waals surface area contributed by atoms with Crippen molar-refractivity contribution in [2.45, 2.75) is 6.92 Å². The van der Waals surface area contributed by atoms with Crippen LogP contribution in [0.1, 0.15) is 5.56 Å². The van der Waals surface area contributed by atoms with Crippen LogP contribution in [0.25, 0.3) is 0 Å². The largest absolute Gasteiger partial charge is 0.339 e. The molecule has 1 aliphatic rings. The first-order valence-corrected chi connectivity index (χ1v) is 8.77. The van der Waals surface area contributed by atoms with Gasteiger partial charge in [-0.3, -0.25) is 14.5 Å². The van der Waals surface area contributed by atoms with Crippen LogP contribution in [0.2, 0.25) is 0 Å². The summed E-state index contributed by atoms with van der Waals surface area (Å²) in [6.07, 6.45) is 1.07. The van der Waals surface area contributed by atoms with E-state index in [1.54, 1.807) is 36.4 Å². The Bertz CT molecular complexity index is 944. The molecule has 4 amide bonds. The first kappa shape index (κ1) is 19.2. The Labute approximate surface area is 166 Å². The number of nitrogens with zero attached hydrogens (tertiary/aromatic N) is 2. The number of hydrogen-bond donors (Lipinski definition) is 3. The van der Waals surface area contributed by atoms with Gasteiger partial charge in [0.05, 0.1) is 5.69 Å². The molecule has 0 bridgehead atoms. The van der Waals surface area contributed by atoms with Gasteiger partial charge in [0.15, 0.2) is 11.0 Å². The minimum absolute atomic E-state index is 0.00159. The molecule has 0 aliphatic carbocycles. The number of aryl methyl sites for hydroxylation is 1. The van der Waals surface area contributed by atoms with Crippen LogP contribution in [0.15, 0.2) is 59.7 Å².